The first kappa shape index (κ1) is 20.6. The molecule has 1 amide bonds. The summed E-state index contributed by atoms with van der Waals surface area (Å²) in [5.74, 6) is 2.04. The van der Waals surface area contributed by atoms with E-state index in [2.05, 4.69) is 31.2 Å². The van der Waals surface area contributed by atoms with Crippen molar-refractivity contribution in [1.82, 2.24) is 9.97 Å². The predicted molar refractivity (Wildman–Crippen MR) is 123 cm³/mol. The highest BCUT2D eigenvalue weighted by Crippen LogP contribution is 2.25. The van der Waals surface area contributed by atoms with Gasteiger partial charge in [-0.1, -0.05) is 34.1 Å². The Morgan fingerprint density at radius 3 is 2.42 bits per heavy atom. The van der Waals surface area contributed by atoms with Gasteiger partial charge in [0.25, 0.3) is 5.91 Å². The van der Waals surface area contributed by atoms with Gasteiger partial charge in [0, 0.05) is 39.6 Å². The van der Waals surface area contributed by atoms with Gasteiger partial charge in [-0.3, -0.25) is 4.79 Å². The number of anilines is 1. The molecule has 0 aliphatic rings. The van der Waals surface area contributed by atoms with Crippen molar-refractivity contribution >= 4 is 27.5 Å². The second-order valence-electron chi connectivity index (χ2n) is 6.54. The molecule has 4 rings (SSSR count). The number of carbonyl (C=O) groups is 1. The lowest BCUT2D eigenvalue weighted by atomic mass is 10.1. The van der Waals surface area contributed by atoms with Gasteiger partial charge in [0.15, 0.2) is 5.82 Å². The highest BCUT2D eigenvalue weighted by atomic mass is 79.9. The SMILES string of the molecule is COc1cccc(Oc2ccnc(-c3ccc(C(=O)Nc4ccc(Br)cc4)cc3)n2)c1. The molecule has 4 aromatic rings. The van der Waals surface area contributed by atoms with Crippen LogP contribution in [0.3, 0.4) is 0 Å². The van der Waals surface area contributed by atoms with Crippen molar-refractivity contribution < 1.29 is 14.3 Å². The minimum absolute atomic E-state index is 0.190. The van der Waals surface area contributed by atoms with Gasteiger partial charge in [-0.15, -0.1) is 0 Å². The molecule has 0 saturated carbocycles. The average molecular weight is 476 g/mol. The standard InChI is InChI=1S/C24H18BrN3O3/c1-30-20-3-2-4-21(15-20)31-22-13-14-26-23(28-22)16-5-7-17(8-6-16)24(29)27-19-11-9-18(25)10-12-19/h2-15H,1H3,(H,27,29). The number of halogens is 1. The smallest absolute Gasteiger partial charge is 0.255 e. The molecule has 0 radical (unpaired) electrons. The highest BCUT2D eigenvalue weighted by Gasteiger charge is 2.09. The summed E-state index contributed by atoms with van der Waals surface area (Å²) in [6.07, 6.45) is 1.63. The monoisotopic (exact) mass is 475 g/mol. The van der Waals surface area contributed by atoms with Gasteiger partial charge >= 0.3 is 0 Å². The van der Waals surface area contributed by atoms with Crippen LogP contribution in [-0.2, 0) is 0 Å². The number of ether oxygens (including phenoxy) is 2. The Balaban J connectivity index is 1.47. The summed E-state index contributed by atoms with van der Waals surface area (Å²) in [4.78, 5) is 21.3. The van der Waals surface area contributed by atoms with E-state index in [0.717, 1.165) is 15.7 Å². The Morgan fingerprint density at radius 1 is 0.935 bits per heavy atom. The molecule has 1 aromatic heterocycles. The molecule has 3 aromatic carbocycles. The maximum atomic E-state index is 12.5. The number of rotatable bonds is 6. The van der Waals surface area contributed by atoms with Crippen LogP contribution in [0, 0.1) is 0 Å². The van der Waals surface area contributed by atoms with Crippen LogP contribution in [0.1, 0.15) is 10.4 Å². The van der Waals surface area contributed by atoms with Crippen molar-refractivity contribution in [3.8, 4) is 28.8 Å². The number of hydrogen-bond donors (Lipinski definition) is 1. The van der Waals surface area contributed by atoms with Crippen molar-refractivity contribution in [2.24, 2.45) is 0 Å². The molecule has 1 heterocycles. The topological polar surface area (TPSA) is 73.3 Å². The number of hydrogen-bond acceptors (Lipinski definition) is 5. The van der Waals surface area contributed by atoms with Crippen molar-refractivity contribution in [3.63, 3.8) is 0 Å². The van der Waals surface area contributed by atoms with E-state index in [1.165, 1.54) is 0 Å². The molecule has 0 spiro atoms. The predicted octanol–water partition coefficient (Wildman–Crippen LogP) is 5.96. The lowest BCUT2D eigenvalue weighted by Gasteiger charge is -2.08. The lowest BCUT2D eigenvalue weighted by Crippen LogP contribution is -2.11. The number of nitrogens with zero attached hydrogens (tertiary/aromatic N) is 2. The fourth-order valence-electron chi connectivity index (χ4n) is 2.83. The molecular formula is C24H18BrN3O3. The molecule has 7 heteroatoms. The number of methoxy groups -OCH3 is 1. The molecule has 154 valence electrons. The third-order valence-corrected chi connectivity index (χ3v) is 4.93. The van der Waals surface area contributed by atoms with Gasteiger partial charge in [0.1, 0.15) is 11.5 Å². The minimum atomic E-state index is -0.190. The Bertz CT molecular complexity index is 1200. The molecule has 0 atom stereocenters. The first-order valence-electron chi connectivity index (χ1n) is 9.43. The second-order valence-corrected chi connectivity index (χ2v) is 7.45. The minimum Gasteiger partial charge on any atom is -0.497 e. The third kappa shape index (κ3) is 5.26. The summed E-state index contributed by atoms with van der Waals surface area (Å²) >= 11 is 3.38. The maximum absolute atomic E-state index is 12.5. The maximum Gasteiger partial charge on any atom is 0.255 e. The van der Waals surface area contributed by atoms with E-state index in [9.17, 15) is 4.79 Å². The molecule has 0 saturated heterocycles. The molecule has 1 N–H and O–H groups in total. The van der Waals surface area contributed by atoms with E-state index in [0.29, 0.717) is 28.8 Å². The van der Waals surface area contributed by atoms with Crippen LogP contribution in [0.5, 0.6) is 17.4 Å². The molecular weight excluding hydrogens is 458 g/mol. The average Bonchev–Trinajstić information content (AvgIpc) is 2.81. The van der Waals surface area contributed by atoms with E-state index in [4.69, 9.17) is 9.47 Å². The molecule has 0 aliphatic heterocycles. The first-order chi connectivity index (χ1) is 15.1. The Hall–Kier alpha value is -3.71. The Morgan fingerprint density at radius 2 is 1.68 bits per heavy atom. The number of benzene rings is 3. The Labute approximate surface area is 188 Å². The number of carbonyl (C=O) groups excluding carboxylic acids is 1. The van der Waals surface area contributed by atoms with Crippen LogP contribution in [0.25, 0.3) is 11.4 Å². The molecule has 0 bridgehead atoms. The van der Waals surface area contributed by atoms with Crippen molar-refractivity contribution in [2.75, 3.05) is 12.4 Å². The zero-order valence-corrected chi connectivity index (χ0v) is 18.2. The first-order valence-corrected chi connectivity index (χ1v) is 10.2. The van der Waals surface area contributed by atoms with Gasteiger partial charge < -0.3 is 14.8 Å². The van der Waals surface area contributed by atoms with Gasteiger partial charge in [-0.25, -0.2) is 4.98 Å². The van der Waals surface area contributed by atoms with Gasteiger partial charge in [0.2, 0.25) is 5.88 Å². The van der Waals surface area contributed by atoms with Crippen LogP contribution in [-0.4, -0.2) is 23.0 Å². The number of amides is 1. The molecule has 6 nitrogen and oxygen atoms in total. The number of aromatic nitrogens is 2. The summed E-state index contributed by atoms with van der Waals surface area (Å²) in [6, 6.07) is 23.5. The normalized spacial score (nSPS) is 10.4. The zero-order valence-electron chi connectivity index (χ0n) is 16.6. The quantitative estimate of drug-likeness (QED) is 0.372. The highest BCUT2D eigenvalue weighted by molar-refractivity contribution is 9.10. The van der Waals surface area contributed by atoms with Crippen LogP contribution in [0.2, 0.25) is 0 Å². The van der Waals surface area contributed by atoms with Gasteiger partial charge in [-0.05, 0) is 48.5 Å². The van der Waals surface area contributed by atoms with E-state index < -0.39 is 0 Å². The summed E-state index contributed by atoms with van der Waals surface area (Å²) in [5, 5.41) is 2.87. The second kappa shape index (κ2) is 9.40. The van der Waals surface area contributed by atoms with Crippen LogP contribution in [0.15, 0.2) is 89.5 Å². The molecule has 0 aliphatic carbocycles. The fourth-order valence-corrected chi connectivity index (χ4v) is 3.09. The van der Waals surface area contributed by atoms with Crippen molar-refractivity contribution in [2.45, 2.75) is 0 Å². The van der Waals surface area contributed by atoms with Gasteiger partial charge in [-0.2, -0.15) is 4.98 Å². The van der Waals surface area contributed by atoms with E-state index in [-0.39, 0.29) is 5.91 Å². The fraction of sp³-hybridized carbons (Fsp3) is 0.0417. The lowest BCUT2D eigenvalue weighted by molar-refractivity contribution is 0.102. The van der Waals surface area contributed by atoms with Crippen LogP contribution in [0.4, 0.5) is 5.69 Å². The number of nitrogens with one attached hydrogen (secondary N) is 1. The van der Waals surface area contributed by atoms with E-state index >= 15 is 0 Å². The van der Waals surface area contributed by atoms with E-state index in [1.807, 2.05) is 42.5 Å². The molecule has 31 heavy (non-hydrogen) atoms. The van der Waals surface area contributed by atoms with Crippen LogP contribution < -0.4 is 14.8 Å². The third-order valence-electron chi connectivity index (χ3n) is 4.40. The summed E-state index contributed by atoms with van der Waals surface area (Å²) in [5.41, 5.74) is 2.04. The van der Waals surface area contributed by atoms with Crippen molar-refractivity contribution in [1.29, 1.82) is 0 Å². The molecule has 0 fully saturated rings. The largest absolute Gasteiger partial charge is 0.497 e. The summed E-state index contributed by atoms with van der Waals surface area (Å²) < 4.78 is 12.0. The summed E-state index contributed by atoms with van der Waals surface area (Å²) in [7, 11) is 1.60. The Kier molecular flexibility index (Phi) is 6.24. The van der Waals surface area contributed by atoms with Crippen LogP contribution >= 0.6 is 15.9 Å². The molecule has 0 unspecified atom stereocenters. The van der Waals surface area contributed by atoms with E-state index in [1.54, 1.807) is 49.7 Å². The van der Waals surface area contributed by atoms with Gasteiger partial charge in [0.05, 0.1) is 7.11 Å². The zero-order chi connectivity index (χ0) is 21.6. The summed E-state index contributed by atoms with van der Waals surface area (Å²) in [6.45, 7) is 0. The van der Waals surface area contributed by atoms with Crippen molar-refractivity contribution in [3.05, 3.63) is 95.1 Å².